The molecule has 0 bridgehead atoms. The van der Waals surface area contributed by atoms with Gasteiger partial charge in [-0.25, -0.2) is 15.0 Å². The van der Waals surface area contributed by atoms with Gasteiger partial charge in [-0.2, -0.15) is 0 Å². The molecule has 1 aliphatic rings. The minimum atomic E-state index is -0.0974. The van der Waals surface area contributed by atoms with E-state index in [1.54, 1.807) is 0 Å². The summed E-state index contributed by atoms with van der Waals surface area (Å²) in [6, 6.07) is 66.3. The Balaban J connectivity index is 1.08. The first-order valence-corrected chi connectivity index (χ1v) is 19.8. The summed E-state index contributed by atoms with van der Waals surface area (Å²) in [7, 11) is 0. The van der Waals surface area contributed by atoms with Crippen LogP contribution in [0.25, 0.3) is 101 Å². The van der Waals surface area contributed by atoms with Gasteiger partial charge in [0.25, 0.3) is 0 Å². The molecule has 0 N–H and O–H groups in total. The van der Waals surface area contributed by atoms with Crippen LogP contribution in [0, 0.1) is 0 Å². The highest BCUT2D eigenvalue weighted by molar-refractivity contribution is 6.13. The molecule has 0 saturated carbocycles. The third-order valence-corrected chi connectivity index (χ3v) is 11.8. The van der Waals surface area contributed by atoms with E-state index in [0.717, 1.165) is 49.8 Å². The van der Waals surface area contributed by atoms with Crippen molar-refractivity contribution in [1.29, 1.82) is 0 Å². The van der Waals surface area contributed by atoms with Crippen LogP contribution in [0.1, 0.15) is 25.0 Å². The van der Waals surface area contributed by atoms with Crippen molar-refractivity contribution < 1.29 is 4.42 Å². The third-order valence-electron chi connectivity index (χ3n) is 11.8. The number of nitrogens with zero attached hydrogens (tertiary/aromatic N) is 3. The number of fused-ring (bicyclic) bond motifs is 6. The molecule has 4 nitrogen and oxygen atoms in total. The Morgan fingerprint density at radius 3 is 1.62 bits per heavy atom. The summed E-state index contributed by atoms with van der Waals surface area (Å²) >= 11 is 0. The van der Waals surface area contributed by atoms with E-state index in [-0.39, 0.29) is 5.41 Å². The third kappa shape index (κ3) is 5.56. The van der Waals surface area contributed by atoms with Crippen molar-refractivity contribution >= 4 is 21.9 Å². The van der Waals surface area contributed by atoms with E-state index in [0.29, 0.717) is 17.5 Å². The monoisotopic (exact) mass is 743 g/mol. The maximum absolute atomic E-state index is 6.52. The van der Waals surface area contributed by atoms with Gasteiger partial charge in [-0.1, -0.05) is 172 Å². The highest BCUT2D eigenvalue weighted by Gasteiger charge is 2.35. The molecule has 0 fully saturated rings. The number of aromatic nitrogens is 3. The summed E-state index contributed by atoms with van der Waals surface area (Å²) in [4.78, 5) is 15.1. The van der Waals surface area contributed by atoms with Crippen molar-refractivity contribution in [1.82, 2.24) is 15.0 Å². The van der Waals surface area contributed by atoms with E-state index in [9.17, 15) is 0 Å². The Morgan fingerprint density at radius 1 is 0.345 bits per heavy atom. The smallest absolute Gasteiger partial charge is 0.164 e. The molecule has 0 saturated heterocycles. The molecule has 58 heavy (non-hydrogen) atoms. The van der Waals surface area contributed by atoms with Crippen molar-refractivity contribution in [3.8, 4) is 78.7 Å². The molecule has 2 heterocycles. The lowest BCUT2D eigenvalue weighted by Crippen LogP contribution is -2.14. The van der Waals surface area contributed by atoms with Crippen LogP contribution in [0.3, 0.4) is 0 Å². The lowest BCUT2D eigenvalue weighted by molar-refractivity contribution is 0.660. The quantitative estimate of drug-likeness (QED) is 0.170. The Bertz CT molecular complexity index is 3130. The molecule has 8 aromatic carbocycles. The average molecular weight is 744 g/mol. The highest BCUT2D eigenvalue weighted by atomic mass is 16.3. The predicted molar refractivity (Wildman–Crippen MR) is 237 cm³/mol. The first kappa shape index (κ1) is 33.9. The Hall–Kier alpha value is -7.43. The van der Waals surface area contributed by atoms with Crippen molar-refractivity contribution in [2.45, 2.75) is 19.3 Å². The summed E-state index contributed by atoms with van der Waals surface area (Å²) in [5, 5.41) is 1.99. The molecule has 0 amide bonds. The fourth-order valence-electron chi connectivity index (χ4n) is 8.83. The number of hydrogen-bond donors (Lipinski definition) is 0. The van der Waals surface area contributed by atoms with Crippen molar-refractivity contribution in [2.24, 2.45) is 0 Å². The van der Waals surface area contributed by atoms with Gasteiger partial charge in [-0.3, -0.25) is 0 Å². The van der Waals surface area contributed by atoms with E-state index in [1.165, 1.54) is 44.5 Å². The fourth-order valence-corrected chi connectivity index (χ4v) is 8.83. The van der Waals surface area contributed by atoms with Crippen LogP contribution in [0.2, 0.25) is 0 Å². The molecule has 274 valence electrons. The van der Waals surface area contributed by atoms with Crippen molar-refractivity contribution in [3.63, 3.8) is 0 Å². The molecule has 0 aliphatic heterocycles. The van der Waals surface area contributed by atoms with Gasteiger partial charge in [0.1, 0.15) is 11.2 Å². The molecule has 4 heteroatoms. The Morgan fingerprint density at radius 2 is 0.897 bits per heavy atom. The highest BCUT2D eigenvalue weighted by Crippen LogP contribution is 2.50. The maximum atomic E-state index is 6.52. The van der Waals surface area contributed by atoms with Gasteiger partial charge in [0.05, 0.1) is 0 Å². The Labute approximate surface area is 337 Å². The summed E-state index contributed by atoms with van der Waals surface area (Å²) < 4.78 is 6.52. The summed E-state index contributed by atoms with van der Waals surface area (Å²) in [5.41, 5.74) is 16.7. The Kier molecular flexibility index (Phi) is 7.80. The number of hydrogen-bond acceptors (Lipinski definition) is 4. The largest absolute Gasteiger partial charge is 0.456 e. The number of furan rings is 1. The van der Waals surface area contributed by atoms with Gasteiger partial charge < -0.3 is 4.42 Å². The van der Waals surface area contributed by atoms with Crippen LogP contribution in [0.4, 0.5) is 0 Å². The predicted octanol–water partition coefficient (Wildman–Crippen LogP) is 14.1. The summed E-state index contributed by atoms with van der Waals surface area (Å²) in [5.74, 6) is 1.85. The lowest BCUT2D eigenvalue weighted by atomic mass is 9.81. The molecule has 10 aromatic rings. The first-order chi connectivity index (χ1) is 28.5. The standard InChI is InChI=1S/C54H37N3O/c1-54(2)46-23-13-12-21-41(46)42-29-26-39(33-47(42)54)44-31-37(25-28-40(44)34-15-6-3-7-16-34)38-27-30-48-45(32-38)50-43(22-14-24-49(50)58-48)53-56-51(35-17-8-4-9-18-35)55-52(57-53)36-19-10-5-11-20-36/h3-33H,1-2H3. The normalized spacial score (nSPS) is 12.8. The second-order valence-corrected chi connectivity index (χ2v) is 15.6. The van der Waals surface area contributed by atoms with E-state index in [2.05, 4.69) is 129 Å². The van der Waals surface area contributed by atoms with Crippen LogP contribution in [0.5, 0.6) is 0 Å². The van der Waals surface area contributed by atoms with Crippen LogP contribution in [-0.4, -0.2) is 15.0 Å². The fraction of sp³-hybridized carbons (Fsp3) is 0.0556. The second-order valence-electron chi connectivity index (χ2n) is 15.6. The zero-order chi connectivity index (χ0) is 38.8. The van der Waals surface area contributed by atoms with E-state index >= 15 is 0 Å². The van der Waals surface area contributed by atoms with E-state index in [4.69, 9.17) is 19.4 Å². The molecule has 0 atom stereocenters. The van der Waals surface area contributed by atoms with Gasteiger partial charge in [0, 0.05) is 32.9 Å². The zero-order valence-corrected chi connectivity index (χ0v) is 32.1. The zero-order valence-electron chi connectivity index (χ0n) is 32.1. The molecular weight excluding hydrogens is 707 g/mol. The molecule has 0 unspecified atom stereocenters. The van der Waals surface area contributed by atoms with Crippen molar-refractivity contribution in [2.75, 3.05) is 0 Å². The maximum Gasteiger partial charge on any atom is 0.164 e. The van der Waals surface area contributed by atoms with Gasteiger partial charge in [-0.15, -0.1) is 0 Å². The topological polar surface area (TPSA) is 51.8 Å². The number of rotatable bonds is 6. The average Bonchev–Trinajstić information content (AvgIpc) is 3.78. The van der Waals surface area contributed by atoms with E-state index < -0.39 is 0 Å². The van der Waals surface area contributed by atoms with Crippen LogP contribution >= 0.6 is 0 Å². The van der Waals surface area contributed by atoms with Crippen LogP contribution in [-0.2, 0) is 5.41 Å². The summed E-state index contributed by atoms with van der Waals surface area (Å²) in [6.07, 6.45) is 0. The lowest BCUT2D eigenvalue weighted by Gasteiger charge is -2.22. The van der Waals surface area contributed by atoms with Crippen molar-refractivity contribution in [3.05, 3.63) is 199 Å². The van der Waals surface area contributed by atoms with Crippen LogP contribution < -0.4 is 0 Å². The second kappa shape index (κ2) is 13.4. The summed E-state index contributed by atoms with van der Waals surface area (Å²) in [6.45, 7) is 4.69. The minimum Gasteiger partial charge on any atom is -0.456 e. The molecule has 2 aromatic heterocycles. The first-order valence-electron chi connectivity index (χ1n) is 19.8. The van der Waals surface area contributed by atoms with Gasteiger partial charge >= 0.3 is 0 Å². The SMILES string of the molecule is CC1(C)c2ccccc2-c2ccc(-c3cc(-c4ccc5oc6cccc(-c7nc(-c8ccccc8)nc(-c8ccccc8)n7)c6c5c4)ccc3-c3ccccc3)cc21. The van der Waals surface area contributed by atoms with Crippen LogP contribution in [0.15, 0.2) is 192 Å². The molecular formula is C54H37N3O. The molecule has 11 rings (SSSR count). The number of benzene rings is 8. The van der Waals surface area contributed by atoms with E-state index in [1.807, 2.05) is 72.8 Å². The molecule has 0 spiro atoms. The molecule has 1 aliphatic carbocycles. The van der Waals surface area contributed by atoms with Gasteiger partial charge in [0.2, 0.25) is 0 Å². The minimum absolute atomic E-state index is 0.0974. The van der Waals surface area contributed by atoms with Gasteiger partial charge in [-0.05, 0) is 86.0 Å². The van der Waals surface area contributed by atoms with Gasteiger partial charge in [0.15, 0.2) is 17.5 Å². The molecule has 0 radical (unpaired) electrons.